The molecule has 2 atom stereocenters. The summed E-state index contributed by atoms with van der Waals surface area (Å²) in [5, 5.41) is 12.7. The van der Waals surface area contributed by atoms with Crippen molar-refractivity contribution in [2.45, 2.75) is 24.3 Å². The smallest absolute Gasteiger partial charge is 0.337 e. The number of benzene rings is 1. The number of amides is 2. The van der Waals surface area contributed by atoms with Gasteiger partial charge >= 0.3 is 12.0 Å². The second-order valence-corrected chi connectivity index (χ2v) is 7.80. The van der Waals surface area contributed by atoms with Crippen molar-refractivity contribution in [1.82, 2.24) is 4.90 Å². The minimum absolute atomic E-state index is 0.0743. The maximum Gasteiger partial charge on any atom is 0.337 e. The summed E-state index contributed by atoms with van der Waals surface area (Å²) in [5.41, 5.74) is 0.374. The predicted octanol–water partition coefficient (Wildman–Crippen LogP) is 3.51. The highest BCUT2D eigenvalue weighted by molar-refractivity contribution is 9.10. The molecule has 0 saturated carbocycles. The lowest BCUT2D eigenvalue weighted by Crippen LogP contribution is -2.46. The Hall–Kier alpha value is -1.21. The molecule has 2 unspecified atom stereocenters. The molecule has 2 N–H and O–H groups in total. The van der Waals surface area contributed by atoms with Crippen LogP contribution in [0.1, 0.15) is 24.2 Å². The molecule has 1 saturated heterocycles. The molecule has 0 aromatic heterocycles. The number of carbonyl (C=O) groups excluding carboxylic acids is 1. The van der Waals surface area contributed by atoms with Gasteiger partial charge in [-0.05, 0) is 28.1 Å². The molecule has 5 nitrogen and oxygen atoms in total. The van der Waals surface area contributed by atoms with E-state index in [1.165, 1.54) is 6.07 Å². The van der Waals surface area contributed by atoms with Gasteiger partial charge in [0.2, 0.25) is 0 Å². The van der Waals surface area contributed by atoms with Gasteiger partial charge in [0.25, 0.3) is 0 Å². The SMILES string of the molecule is CC1CN(C(=O)Nc2c(Br)cccc2C(=O)O)CC(C)S1. The third-order valence-corrected chi connectivity index (χ3v) is 5.07. The Morgan fingerprint density at radius 3 is 2.52 bits per heavy atom. The Kier molecular flexibility index (Phi) is 5.16. The normalized spacial score (nSPS) is 22.0. The number of hydrogen-bond donors (Lipinski definition) is 2. The molecular weight excluding hydrogens is 356 g/mol. The Bertz CT molecular complexity index is 557. The van der Waals surface area contributed by atoms with E-state index in [9.17, 15) is 14.7 Å². The van der Waals surface area contributed by atoms with Crippen LogP contribution in [0.5, 0.6) is 0 Å². The summed E-state index contributed by atoms with van der Waals surface area (Å²) in [5.74, 6) is -1.07. The molecule has 0 bridgehead atoms. The summed E-state index contributed by atoms with van der Waals surface area (Å²) in [6.07, 6.45) is 0. The molecule has 0 radical (unpaired) electrons. The van der Waals surface area contributed by atoms with E-state index in [0.717, 1.165) is 0 Å². The fourth-order valence-electron chi connectivity index (χ4n) is 2.36. The molecule has 114 valence electrons. The van der Waals surface area contributed by atoms with Gasteiger partial charge in [0.1, 0.15) is 0 Å². The number of hydrogen-bond acceptors (Lipinski definition) is 3. The van der Waals surface area contributed by atoms with Crippen LogP contribution in [-0.2, 0) is 0 Å². The van der Waals surface area contributed by atoms with Crippen molar-refractivity contribution in [3.05, 3.63) is 28.2 Å². The third-order valence-electron chi connectivity index (χ3n) is 3.18. The van der Waals surface area contributed by atoms with Crippen molar-refractivity contribution in [2.24, 2.45) is 0 Å². The number of thioether (sulfide) groups is 1. The molecule has 1 aliphatic heterocycles. The van der Waals surface area contributed by atoms with E-state index < -0.39 is 5.97 Å². The van der Waals surface area contributed by atoms with Crippen LogP contribution in [0.25, 0.3) is 0 Å². The number of anilines is 1. The zero-order valence-electron chi connectivity index (χ0n) is 11.8. The quantitative estimate of drug-likeness (QED) is 0.833. The number of carbonyl (C=O) groups is 2. The summed E-state index contributed by atoms with van der Waals surface area (Å²) >= 11 is 5.15. The molecule has 1 aromatic carbocycles. The highest BCUT2D eigenvalue weighted by atomic mass is 79.9. The first-order valence-electron chi connectivity index (χ1n) is 6.61. The molecular formula is C14H17BrN2O3S. The molecule has 2 rings (SSSR count). The summed E-state index contributed by atoms with van der Waals surface area (Å²) in [6.45, 7) is 5.49. The van der Waals surface area contributed by atoms with Crippen molar-refractivity contribution in [3.63, 3.8) is 0 Å². The first-order chi connectivity index (χ1) is 9.88. The zero-order chi connectivity index (χ0) is 15.6. The van der Waals surface area contributed by atoms with Crippen LogP contribution in [0.4, 0.5) is 10.5 Å². The summed E-state index contributed by atoms with van der Waals surface area (Å²) in [6, 6.07) is 4.55. The molecule has 1 heterocycles. The lowest BCUT2D eigenvalue weighted by atomic mass is 10.2. The average molecular weight is 373 g/mol. The Morgan fingerprint density at radius 1 is 1.33 bits per heavy atom. The van der Waals surface area contributed by atoms with Gasteiger partial charge in [-0.25, -0.2) is 9.59 Å². The Labute approximate surface area is 136 Å². The van der Waals surface area contributed by atoms with Gasteiger partial charge in [0.05, 0.1) is 11.3 Å². The van der Waals surface area contributed by atoms with Crippen LogP contribution in [0, 0.1) is 0 Å². The molecule has 1 aliphatic rings. The monoisotopic (exact) mass is 372 g/mol. The van der Waals surface area contributed by atoms with E-state index in [-0.39, 0.29) is 11.6 Å². The maximum atomic E-state index is 12.4. The Morgan fingerprint density at radius 2 is 1.95 bits per heavy atom. The number of para-hydroxylation sites is 1. The van der Waals surface area contributed by atoms with Gasteiger partial charge in [-0.15, -0.1) is 0 Å². The number of urea groups is 1. The van der Waals surface area contributed by atoms with Gasteiger partial charge in [-0.2, -0.15) is 11.8 Å². The summed E-state index contributed by atoms with van der Waals surface area (Å²) in [4.78, 5) is 25.4. The number of halogens is 1. The second kappa shape index (κ2) is 6.70. The van der Waals surface area contributed by atoms with E-state index in [1.807, 2.05) is 11.8 Å². The van der Waals surface area contributed by atoms with Crippen LogP contribution in [0.3, 0.4) is 0 Å². The van der Waals surface area contributed by atoms with Crippen LogP contribution >= 0.6 is 27.7 Å². The average Bonchev–Trinajstić information content (AvgIpc) is 2.39. The van der Waals surface area contributed by atoms with Crippen molar-refractivity contribution in [2.75, 3.05) is 18.4 Å². The molecule has 21 heavy (non-hydrogen) atoms. The number of carboxylic acids is 1. The third kappa shape index (κ3) is 3.91. The fraction of sp³-hybridized carbons (Fsp3) is 0.429. The molecule has 1 fully saturated rings. The number of rotatable bonds is 2. The number of nitrogens with one attached hydrogen (secondary N) is 1. The molecule has 0 aliphatic carbocycles. The van der Waals surface area contributed by atoms with Gasteiger partial charge < -0.3 is 15.3 Å². The lowest BCUT2D eigenvalue weighted by Gasteiger charge is -2.34. The van der Waals surface area contributed by atoms with E-state index in [2.05, 4.69) is 35.1 Å². The van der Waals surface area contributed by atoms with Crippen molar-refractivity contribution < 1.29 is 14.7 Å². The summed E-state index contributed by atoms with van der Waals surface area (Å²) < 4.78 is 0.559. The minimum Gasteiger partial charge on any atom is -0.478 e. The maximum absolute atomic E-state index is 12.4. The molecule has 1 aromatic rings. The van der Waals surface area contributed by atoms with Crippen LogP contribution in [-0.4, -0.2) is 45.6 Å². The van der Waals surface area contributed by atoms with Gasteiger partial charge in [0.15, 0.2) is 0 Å². The van der Waals surface area contributed by atoms with Crippen LogP contribution < -0.4 is 5.32 Å². The fourth-order valence-corrected chi connectivity index (χ4v) is 4.15. The van der Waals surface area contributed by atoms with Crippen molar-refractivity contribution in [3.8, 4) is 0 Å². The van der Waals surface area contributed by atoms with Gasteiger partial charge in [-0.1, -0.05) is 19.9 Å². The van der Waals surface area contributed by atoms with Gasteiger partial charge in [0, 0.05) is 28.1 Å². The first kappa shape index (κ1) is 16.2. The number of carboxylic acid groups (broad SMARTS) is 1. The molecule has 2 amide bonds. The first-order valence-corrected chi connectivity index (χ1v) is 8.35. The van der Waals surface area contributed by atoms with E-state index in [1.54, 1.807) is 17.0 Å². The van der Waals surface area contributed by atoms with Crippen molar-refractivity contribution >= 4 is 45.4 Å². The van der Waals surface area contributed by atoms with Crippen molar-refractivity contribution in [1.29, 1.82) is 0 Å². The highest BCUT2D eigenvalue weighted by Crippen LogP contribution is 2.29. The number of aromatic carboxylic acids is 1. The van der Waals surface area contributed by atoms with E-state index >= 15 is 0 Å². The predicted molar refractivity (Wildman–Crippen MR) is 88.2 cm³/mol. The van der Waals surface area contributed by atoms with Crippen LogP contribution in [0.2, 0.25) is 0 Å². The highest BCUT2D eigenvalue weighted by Gasteiger charge is 2.27. The summed E-state index contributed by atoms with van der Waals surface area (Å²) in [7, 11) is 0. The molecule has 0 spiro atoms. The largest absolute Gasteiger partial charge is 0.478 e. The minimum atomic E-state index is -1.07. The Balaban J connectivity index is 2.18. The van der Waals surface area contributed by atoms with E-state index in [0.29, 0.717) is 33.7 Å². The topological polar surface area (TPSA) is 69.6 Å². The van der Waals surface area contributed by atoms with Crippen LogP contribution in [0.15, 0.2) is 22.7 Å². The van der Waals surface area contributed by atoms with Gasteiger partial charge in [-0.3, -0.25) is 0 Å². The number of nitrogens with zero attached hydrogens (tertiary/aromatic N) is 1. The van der Waals surface area contributed by atoms with E-state index in [4.69, 9.17) is 0 Å². The zero-order valence-corrected chi connectivity index (χ0v) is 14.2. The second-order valence-electron chi connectivity index (χ2n) is 5.06. The standard InChI is InChI=1S/C14H17BrN2O3S/c1-8-6-17(7-9(2)21-8)14(20)16-12-10(13(18)19)4-3-5-11(12)15/h3-5,8-9H,6-7H2,1-2H3,(H,16,20)(H,18,19). The lowest BCUT2D eigenvalue weighted by molar-refractivity contribution is 0.0698. The molecule has 7 heteroatoms.